The largest absolute Gasteiger partial charge is 0.396 e. The number of alkyl halides is 2. The minimum atomic E-state index is -1.60. The van der Waals surface area contributed by atoms with Crippen LogP contribution in [0.2, 0.25) is 10.0 Å². The molecular weight excluding hydrogens is 549 g/mol. The Morgan fingerprint density at radius 3 is 2.20 bits per heavy atom. The average Bonchev–Trinajstić information content (AvgIpc) is 2.75. The topological polar surface area (TPSA) is 84.2 Å². The predicted molar refractivity (Wildman–Crippen MR) is 133 cm³/mol. The lowest BCUT2D eigenvalue weighted by Gasteiger charge is -2.26. The van der Waals surface area contributed by atoms with Gasteiger partial charge >= 0.3 is 0 Å². The molecular formula is C23H16Cl4F3N3O2. The van der Waals surface area contributed by atoms with Crippen molar-refractivity contribution in [2.24, 2.45) is 0 Å². The third kappa shape index (κ3) is 6.32. The van der Waals surface area contributed by atoms with Gasteiger partial charge in [0.25, 0.3) is 5.91 Å². The van der Waals surface area contributed by atoms with Crippen LogP contribution >= 0.6 is 46.4 Å². The number of amides is 2. The first-order valence-corrected chi connectivity index (χ1v) is 11.3. The van der Waals surface area contributed by atoms with E-state index in [-0.39, 0.29) is 15.7 Å². The van der Waals surface area contributed by atoms with E-state index in [9.17, 15) is 22.8 Å². The Labute approximate surface area is 218 Å². The Balaban J connectivity index is 1.88. The smallest absolute Gasteiger partial charge is 0.258 e. The number of hydrogen-bond acceptors (Lipinski definition) is 3. The fourth-order valence-corrected chi connectivity index (χ4v) is 3.97. The number of hydrogen-bond donors (Lipinski definition) is 3. The van der Waals surface area contributed by atoms with Gasteiger partial charge in [-0.15, -0.1) is 23.2 Å². The van der Waals surface area contributed by atoms with Gasteiger partial charge in [-0.1, -0.05) is 29.3 Å². The molecule has 3 aromatic carbocycles. The van der Waals surface area contributed by atoms with Crippen molar-refractivity contribution in [3.63, 3.8) is 0 Å². The highest BCUT2D eigenvalue weighted by Crippen LogP contribution is 2.40. The highest BCUT2D eigenvalue weighted by atomic mass is 35.5. The van der Waals surface area contributed by atoms with E-state index in [1.54, 1.807) is 0 Å². The molecule has 0 unspecified atom stereocenters. The van der Waals surface area contributed by atoms with E-state index in [1.807, 2.05) is 0 Å². The Kier molecular flexibility index (Phi) is 8.11. The maximum absolute atomic E-state index is 14.4. The predicted octanol–water partition coefficient (Wildman–Crippen LogP) is 7.16. The second kappa shape index (κ2) is 10.5. The van der Waals surface area contributed by atoms with Crippen LogP contribution in [0.3, 0.4) is 0 Å². The van der Waals surface area contributed by atoms with Gasteiger partial charge in [-0.05, 0) is 48.9 Å². The van der Waals surface area contributed by atoms with Gasteiger partial charge in [-0.3, -0.25) is 9.59 Å². The lowest BCUT2D eigenvalue weighted by molar-refractivity contribution is -0.117. The summed E-state index contributed by atoms with van der Waals surface area (Å²) in [7, 11) is 0. The molecule has 0 fully saturated rings. The van der Waals surface area contributed by atoms with E-state index in [1.165, 1.54) is 31.2 Å². The average molecular weight is 565 g/mol. The number of benzene rings is 3. The summed E-state index contributed by atoms with van der Waals surface area (Å²) in [5.41, 5.74) is 4.36. The summed E-state index contributed by atoms with van der Waals surface area (Å²) in [5, 5.41) is 5.07. The molecule has 0 aliphatic rings. The van der Waals surface area contributed by atoms with Crippen LogP contribution in [0.25, 0.3) is 0 Å². The Hall–Kier alpha value is -2.65. The van der Waals surface area contributed by atoms with Gasteiger partial charge in [-0.2, -0.15) is 0 Å². The van der Waals surface area contributed by atoms with Crippen LogP contribution in [0.1, 0.15) is 28.8 Å². The van der Waals surface area contributed by atoms with E-state index < -0.39 is 56.5 Å². The lowest BCUT2D eigenvalue weighted by atomic mass is 9.94. The zero-order valence-electron chi connectivity index (χ0n) is 17.7. The number of rotatable bonds is 6. The second-order valence-electron chi connectivity index (χ2n) is 7.55. The molecule has 0 spiro atoms. The number of nitrogens with one attached hydrogen (secondary N) is 2. The van der Waals surface area contributed by atoms with Crippen molar-refractivity contribution in [1.29, 1.82) is 0 Å². The molecule has 1 atom stereocenters. The minimum Gasteiger partial charge on any atom is -0.396 e. The first-order valence-electron chi connectivity index (χ1n) is 9.77. The molecule has 12 heteroatoms. The number of halogens is 7. The fourth-order valence-electron chi connectivity index (χ4n) is 3.21. The van der Waals surface area contributed by atoms with Crippen LogP contribution in [0.4, 0.5) is 30.2 Å². The van der Waals surface area contributed by atoms with Crippen LogP contribution in [0.5, 0.6) is 0 Å². The zero-order chi connectivity index (χ0) is 26.1. The number of carbonyl (C=O) groups is 2. The third-order valence-corrected chi connectivity index (χ3v) is 6.03. The maximum atomic E-state index is 14.4. The molecule has 0 bridgehead atoms. The summed E-state index contributed by atoms with van der Waals surface area (Å²) in [6.45, 7) is 1.40. The van der Waals surface area contributed by atoms with Crippen molar-refractivity contribution in [2.75, 3.05) is 16.4 Å². The molecule has 4 N–H and O–H groups in total. The summed E-state index contributed by atoms with van der Waals surface area (Å²) in [5.74, 6) is -5.98. The van der Waals surface area contributed by atoms with Crippen molar-refractivity contribution in [3.8, 4) is 0 Å². The molecule has 2 amide bonds. The van der Waals surface area contributed by atoms with Gasteiger partial charge in [0.05, 0.1) is 32.9 Å². The standard InChI is InChI=1S/C23H16Cl4F3N3O2/c1-23(26,27)20(10-2-4-13(24)14(25)6-10)22(35)32-11-3-5-15(28)12(7-11)21(34)33-19-9-18(31)16(29)8-17(19)30/h2-9,20H,31H2,1H3,(H,32,35)(H,33,34)/t20-/m0/s1. The normalized spacial score (nSPS) is 12.2. The van der Waals surface area contributed by atoms with E-state index in [4.69, 9.17) is 52.1 Å². The quantitative estimate of drug-likeness (QED) is 0.219. The molecule has 5 nitrogen and oxygen atoms in total. The summed E-state index contributed by atoms with van der Waals surface area (Å²) in [4.78, 5) is 25.6. The molecule has 0 heterocycles. The van der Waals surface area contributed by atoms with Crippen molar-refractivity contribution in [3.05, 3.63) is 87.2 Å². The minimum absolute atomic E-state index is 0.0169. The molecule has 0 aromatic heterocycles. The van der Waals surface area contributed by atoms with E-state index in [0.29, 0.717) is 11.6 Å². The monoisotopic (exact) mass is 563 g/mol. The summed E-state index contributed by atoms with van der Waals surface area (Å²) >= 11 is 24.5. The third-order valence-electron chi connectivity index (χ3n) is 4.86. The Bertz CT molecular complexity index is 1320. The van der Waals surface area contributed by atoms with Crippen molar-refractivity contribution in [1.82, 2.24) is 0 Å². The first kappa shape index (κ1) is 26.9. The van der Waals surface area contributed by atoms with Crippen molar-refractivity contribution >= 4 is 75.3 Å². The zero-order valence-corrected chi connectivity index (χ0v) is 20.8. The number of carbonyl (C=O) groups excluding carboxylic acids is 2. The summed E-state index contributed by atoms with van der Waals surface area (Å²) in [6, 6.07) is 8.92. The molecule has 0 saturated heterocycles. The van der Waals surface area contributed by atoms with Crippen LogP contribution in [-0.2, 0) is 4.79 Å². The lowest BCUT2D eigenvalue weighted by Crippen LogP contribution is -2.32. The van der Waals surface area contributed by atoms with Gasteiger partial charge in [0.2, 0.25) is 5.91 Å². The molecule has 0 saturated carbocycles. The fraction of sp³-hybridized carbons (Fsp3) is 0.130. The maximum Gasteiger partial charge on any atom is 0.258 e. The number of anilines is 3. The highest BCUT2D eigenvalue weighted by molar-refractivity contribution is 6.50. The summed E-state index contributed by atoms with van der Waals surface area (Å²) < 4.78 is 40.1. The van der Waals surface area contributed by atoms with Gasteiger partial charge in [0.1, 0.15) is 21.8 Å². The number of nitrogens with two attached hydrogens (primary N) is 1. The summed E-state index contributed by atoms with van der Waals surface area (Å²) in [6.07, 6.45) is 0. The molecule has 184 valence electrons. The van der Waals surface area contributed by atoms with E-state index in [0.717, 1.165) is 18.2 Å². The molecule has 3 rings (SSSR count). The van der Waals surface area contributed by atoms with E-state index in [2.05, 4.69) is 10.6 Å². The van der Waals surface area contributed by atoms with Gasteiger partial charge < -0.3 is 16.4 Å². The molecule has 0 aliphatic heterocycles. The van der Waals surface area contributed by atoms with Crippen molar-refractivity contribution in [2.45, 2.75) is 17.2 Å². The van der Waals surface area contributed by atoms with Gasteiger partial charge in [0.15, 0.2) is 0 Å². The second-order valence-corrected chi connectivity index (χ2v) is 10.1. The van der Waals surface area contributed by atoms with Crippen LogP contribution in [0.15, 0.2) is 48.5 Å². The molecule has 3 aromatic rings. The van der Waals surface area contributed by atoms with Crippen LogP contribution in [0, 0.1) is 17.5 Å². The Morgan fingerprint density at radius 1 is 0.886 bits per heavy atom. The molecule has 0 aliphatic carbocycles. The molecule has 0 radical (unpaired) electrons. The first-order chi connectivity index (χ1) is 16.3. The van der Waals surface area contributed by atoms with Gasteiger partial charge in [-0.25, -0.2) is 13.2 Å². The molecule has 35 heavy (non-hydrogen) atoms. The highest BCUT2D eigenvalue weighted by Gasteiger charge is 2.37. The number of nitrogen functional groups attached to an aromatic ring is 1. The SMILES string of the molecule is CC(Cl)(Cl)[C@H](C(=O)Nc1ccc(F)c(C(=O)Nc2cc(N)c(F)cc2F)c1)c1ccc(Cl)c(Cl)c1. The van der Waals surface area contributed by atoms with E-state index >= 15 is 0 Å². The Morgan fingerprint density at radius 2 is 1.57 bits per heavy atom. The van der Waals surface area contributed by atoms with Crippen LogP contribution in [-0.4, -0.2) is 16.1 Å². The van der Waals surface area contributed by atoms with Crippen molar-refractivity contribution < 1.29 is 22.8 Å². The van der Waals surface area contributed by atoms with Gasteiger partial charge in [0, 0.05) is 11.8 Å². The van der Waals surface area contributed by atoms with Crippen LogP contribution < -0.4 is 16.4 Å².